The van der Waals surface area contributed by atoms with Gasteiger partial charge in [0.15, 0.2) is 0 Å². The summed E-state index contributed by atoms with van der Waals surface area (Å²) in [6.07, 6.45) is 4.59. The van der Waals surface area contributed by atoms with E-state index < -0.39 is 0 Å². The lowest BCUT2D eigenvalue weighted by Gasteiger charge is -2.33. The van der Waals surface area contributed by atoms with Crippen LogP contribution in [0.4, 0.5) is 5.82 Å². The van der Waals surface area contributed by atoms with E-state index >= 15 is 0 Å². The molecule has 1 aromatic rings. The van der Waals surface area contributed by atoms with Crippen LogP contribution in [0.1, 0.15) is 12.8 Å². The van der Waals surface area contributed by atoms with Gasteiger partial charge >= 0.3 is 0 Å². The summed E-state index contributed by atoms with van der Waals surface area (Å²) < 4.78 is 1.93. The summed E-state index contributed by atoms with van der Waals surface area (Å²) >= 11 is 0. The number of hydrogen-bond acceptors (Lipinski definition) is 4. The van der Waals surface area contributed by atoms with E-state index in [2.05, 4.69) is 29.0 Å². The number of piperidine rings is 1. The van der Waals surface area contributed by atoms with Gasteiger partial charge in [-0.05, 0) is 52.0 Å². The molecule has 1 aromatic heterocycles. The van der Waals surface area contributed by atoms with Crippen molar-refractivity contribution < 1.29 is 0 Å². The molecule has 0 atom stereocenters. The summed E-state index contributed by atoms with van der Waals surface area (Å²) in [5.74, 6) is 1.48. The average molecular weight is 251 g/mol. The maximum absolute atomic E-state index is 5.60. The first-order valence-electron chi connectivity index (χ1n) is 6.79. The molecule has 0 spiro atoms. The van der Waals surface area contributed by atoms with E-state index in [-0.39, 0.29) is 0 Å². The number of anilines is 1. The van der Waals surface area contributed by atoms with Crippen molar-refractivity contribution in [1.29, 1.82) is 0 Å². The highest BCUT2D eigenvalue weighted by Crippen LogP contribution is 2.17. The van der Waals surface area contributed by atoms with Gasteiger partial charge in [-0.15, -0.1) is 0 Å². The molecule has 2 N–H and O–H groups in total. The number of likely N-dealkylation sites (tertiary alicyclic amines) is 1. The standard InChI is InChI=1S/C13H25N5/c1-16(2)11-12-3-6-17(7-4-12)9-10-18-8-5-13(14)15-18/h5,8,12H,3-4,6-7,9-11H2,1-2H3,(H2,14,15). The fourth-order valence-corrected chi connectivity index (χ4v) is 2.65. The third-order valence-corrected chi connectivity index (χ3v) is 3.64. The van der Waals surface area contributed by atoms with Crippen LogP contribution < -0.4 is 5.73 Å². The topological polar surface area (TPSA) is 50.3 Å². The molecule has 0 saturated carbocycles. The van der Waals surface area contributed by atoms with E-state index in [0.717, 1.165) is 19.0 Å². The largest absolute Gasteiger partial charge is 0.382 e. The van der Waals surface area contributed by atoms with Crippen molar-refractivity contribution in [3.05, 3.63) is 12.3 Å². The normalized spacial score (nSPS) is 18.6. The molecule has 1 aliphatic heterocycles. The summed E-state index contributed by atoms with van der Waals surface area (Å²) in [5.41, 5.74) is 5.60. The SMILES string of the molecule is CN(C)CC1CCN(CCn2ccc(N)n2)CC1. The first kappa shape index (κ1) is 13.4. The van der Waals surface area contributed by atoms with E-state index in [1.807, 2.05) is 16.9 Å². The Hall–Kier alpha value is -1.07. The smallest absolute Gasteiger partial charge is 0.145 e. The molecule has 0 radical (unpaired) electrons. The first-order valence-corrected chi connectivity index (χ1v) is 6.79. The zero-order valence-corrected chi connectivity index (χ0v) is 11.5. The van der Waals surface area contributed by atoms with Crippen LogP contribution in [-0.4, -0.2) is 59.9 Å². The van der Waals surface area contributed by atoms with Gasteiger partial charge in [-0.1, -0.05) is 0 Å². The van der Waals surface area contributed by atoms with Crippen LogP contribution >= 0.6 is 0 Å². The van der Waals surface area contributed by atoms with E-state index in [1.54, 1.807) is 0 Å². The molecule has 2 heterocycles. The second kappa shape index (κ2) is 6.20. The molecule has 1 saturated heterocycles. The maximum Gasteiger partial charge on any atom is 0.145 e. The quantitative estimate of drug-likeness (QED) is 0.838. The van der Waals surface area contributed by atoms with Gasteiger partial charge in [-0.2, -0.15) is 5.10 Å². The van der Waals surface area contributed by atoms with Crippen LogP contribution in [0, 0.1) is 5.92 Å². The predicted molar refractivity (Wildman–Crippen MR) is 74.4 cm³/mol. The molecule has 0 unspecified atom stereocenters. The predicted octanol–water partition coefficient (Wildman–Crippen LogP) is 0.739. The summed E-state index contributed by atoms with van der Waals surface area (Å²) in [5, 5.41) is 4.21. The van der Waals surface area contributed by atoms with Crippen molar-refractivity contribution in [2.75, 3.05) is 46.0 Å². The molecule has 5 nitrogen and oxygen atoms in total. The second-order valence-electron chi connectivity index (χ2n) is 5.55. The van der Waals surface area contributed by atoms with Gasteiger partial charge in [0.2, 0.25) is 0 Å². The Morgan fingerprint density at radius 1 is 1.33 bits per heavy atom. The minimum absolute atomic E-state index is 0.611. The molecule has 0 aliphatic carbocycles. The minimum Gasteiger partial charge on any atom is -0.382 e. The van der Waals surface area contributed by atoms with Crippen LogP contribution in [-0.2, 0) is 6.54 Å². The molecule has 102 valence electrons. The molecule has 2 rings (SSSR count). The van der Waals surface area contributed by atoms with Gasteiger partial charge in [0.25, 0.3) is 0 Å². The Balaban J connectivity index is 1.67. The molecule has 5 heteroatoms. The van der Waals surface area contributed by atoms with Crippen molar-refractivity contribution >= 4 is 5.82 Å². The van der Waals surface area contributed by atoms with Gasteiger partial charge in [0, 0.05) is 19.3 Å². The average Bonchev–Trinajstić information content (AvgIpc) is 2.74. The summed E-state index contributed by atoms with van der Waals surface area (Å²) in [6.45, 7) is 5.68. The first-order chi connectivity index (χ1) is 8.63. The Bertz CT molecular complexity index is 352. The van der Waals surface area contributed by atoms with Gasteiger partial charge in [-0.3, -0.25) is 4.68 Å². The van der Waals surface area contributed by atoms with Crippen molar-refractivity contribution in [2.45, 2.75) is 19.4 Å². The molecule has 1 fully saturated rings. The lowest BCUT2D eigenvalue weighted by molar-refractivity contribution is 0.157. The van der Waals surface area contributed by atoms with E-state index in [1.165, 1.54) is 32.5 Å². The van der Waals surface area contributed by atoms with E-state index in [9.17, 15) is 0 Å². The lowest BCUT2D eigenvalue weighted by atomic mass is 9.96. The molecule has 0 bridgehead atoms. The van der Waals surface area contributed by atoms with Crippen LogP contribution in [0.25, 0.3) is 0 Å². The molecule has 0 amide bonds. The van der Waals surface area contributed by atoms with Crippen LogP contribution in [0.3, 0.4) is 0 Å². The molecule has 1 aliphatic rings. The maximum atomic E-state index is 5.60. The van der Waals surface area contributed by atoms with Gasteiger partial charge in [-0.25, -0.2) is 0 Å². The summed E-state index contributed by atoms with van der Waals surface area (Å²) in [4.78, 5) is 4.83. The third kappa shape index (κ3) is 3.99. The zero-order chi connectivity index (χ0) is 13.0. The third-order valence-electron chi connectivity index (χ3n) is 3.64. The Morgan fingerprint density at radius 2 is 2.06 bits per heavy atom. The Kier molecular flexibility index (Phi) is 4.60. The highest BCUT2D eigenvalue weighted by Gasteiger charge is 2.19. The zero-order valence-electron chi connectivity index (χ0n) is 11.5. The van der Waals surface area contributed by atoms with E-state index in [0.29, 0.717) is 5.82 Å². The monoisotopic (exact) mass is 251 g/mol. The van der Waals surface area contributed by atoms with Crippen LogP contribution in [0.5, 0.6) is 0 Å². The number of nitrogens with two attached hydrogens (primary N) is 1. The number of hydrogen-bond donors (Lipinski definition) is 1. The highest BCUT2D eigenvalue weighted by atomic mass is 15.3. The van der Waals surface area contributed by atoms with Gasteiger partial charge < -0.3 is 15.5 Å². The fraction of sp³-hybridized carbons (Fsp3) is 0.769. The van der Waals surface area contributed by atoms with Crippen molar-refractivity contribution in [1.82, 2.24) is 19.6 Å². The van der Waals surface area contributed by atoms with Gasteiger partial charge in [0.1, 0.15) is 5.82 Å². The summed E-state index contributed by atoms with van der Waals surface area (Å²) in [7, 11) is 4.32. The summed E-state index contributed by atoms with van der Waals surface area (Å²) in [6, 6.07) is 1.85. The number of nitrogens with zero attached hydrogens (tertiary/aromatic N) is 4. The molecular weight excluding hydrogens is 226 g/mol. The molecular formula is C13H25N5. The van der Waals surface area contributed by atoms with Crippen LogP contribution in [0.15, 0.2) is 12.3 Å². The lowest BCUT2D eigenvalue weighted by Crippen LogP contribution is -2.38. The fourth-order valence-electron chi connectivity index (χ4n) is 2.65. The second-order valence-corrected chi connectivity index (χ2v) is 5.55. The van der Waals surface area contributed by atoms with Crippen molar-refractivity contribution in [3.8, 4) is 0 Å². The van der Waals surface area contributed by atoms with E-state index in [4.69, 9.17) is 5.73 Å². The minimum atomic E-state index is 0.611. The van der Waals surface area contributed by atoms with Crippen molar-refractivity contribution in [2.24, 2.45) is 5.92 Å². The Morgan fingerprint density at radius 3 is 2.61 bits per heavy atom. The molecule has 18 heavy (non-hydrogen) atoms. The van der Waals surface area contributed by atoms with Gasteiger partial charge in [0.05, 0.1) is 6.54 Å². The van der Waals surface area contributed by atoms with Crippen molar-refractivity contribution in [3.63, 3.8) is 0 Å². The number of nitrogen functional groups attached to an aromatic ring is 1. The van der Waals surface area contributed by atoms with Crippen LogP contribution in [0.2, 0.25) is 0 Å². The molecule has 0 aromatic carbocycles. The highest BCUT2D eigenvalue weighted by molar-refractivity contribution is 5.23. The number of aromatic nitrogens is 2. The number of rotatable bonds is 5. The Labute approximate surface area is 110 Å².